The van der Waals surface area contributed by atoms with Gasteiger partial charge in [-0.25, -0.2) is 0 Å². The van der Waals surface area contributed by atoms with Crippen molar-refractivity contribution in [1.29, 1.82) is 0 Å². The summed E-state index contributed by atoms with van der Waals surface area (Å²) in [6.07, 6.45) is 8.95. The highest BCUT2D eigenvalue weighted by Gasteiger charge is 2.47. The van der Waals surface area contributed by atoms with Crippen molar-refractivity contribution in [1.82, 2.24) is 9.80 Å². The molecule has 0 atom stereocenters. The van der Waals surface area contributed by atoms with Gasteiger partial charge in [-0.05, 0) is 64.5 Å². The van der Waals surface area contributed by atoms with E-state index in [1.165, 1.54) is 32.1 Å². The van der Waals surface area contributed by atoms with E-state index in [4.69, 9.17) is 4.74 Å². The van der Waals surface area contributed by atoms with Crippen molar-refractivity contribution in [2.45, 2.75) is 63.0 Å². The number of carbonyl (C=O) groups excluding carboxylic acids is 1. The molecule has 0 radical (unpaired) electrons. The monoisotopic (exact) mass is 294 g/mol. The van der Waals surface area contributed by atoms with Gasteiger partial charge in [0.25, 0.3) is 0 Å². The molecule has 0 unspecified atom stereocenters. The first kappa shape index (κ1) is 15.3. The van der Waals surface area contributed by atoms with Crippen molar-refractivity contribution in [3.05, 3.63) is 0 Å². The molecule has 0 aromatic heterocycles. The molecule has 1 amide bonds. The molecule has 3 aliphatic rings. The maximum Gasteiger partial charge on any atom is 0.225 e. The molecule has 0 aromatic carbocycles. The van der Waals surface area contributed by atoms with Crippen LogP contribution in [-0.2, 0) is 9.53 Å². The summed E-state index contributed by atoms with van der Waals surface area (Å²) in [5, 5.41) is 0. The zero-order valence-electron chi connectivity index (χ0n) is 13.9. The Bertz CT molecular complexity index is 382. The number of hydrogen-bond acceptors (Lipinski definition) is 3. The fourth-order valence-corrected chi connectivity index (χ4v) is 4.36. The molecule has 0 aromatic rings. The fraction of sp³-hybridized carbons (Fsp3) is 0.941. The normalized spacial score (nSPS) is 27.5. The zero-order chi connectivity index (χ0) is 15.1. The second kappa shape index (κ2) is 5.54. The SMILES string of the molecule is COC1(CC(=O)N2CCC3(CC2)CC(N(C)C)C3)CCC1. The molecule has 2 aliphatic carbocycles. The van der Waals surface area contributed by atoms with E-state index in [-0.39, 0.29) is 5.60 Å². The molecule has 0 bridgehead atoms. The van der Waals surface area contributed by atoms with Crippen LogP contribution in [0.25, 0.3) is 0 Å². The Morgan fingerprint density at radius 2 is 1.81 bits per heavy atom. The summed E-state index contributed by atoms with van der Waals surface area (Å²) in [6.45, 7) is 1.91. The summed E-state index contributed by atoms with van der Waals surface area (Å²) in [6, 6.07) is 0.763. The first-order valence-corrected chi connectivity index (χ1v) is 8.47. The standard InChI is InChI=1S/C17H30N2O2/c1-18(2)14-11-16(12-14)7-9-19(10-8-16)15(20)13-17(21-3)5-4-6-17/h14H,4-13H2,1-3H3. The Labute approximate surface area is 128 Å². The molecule has 120 valence electrons. The highest BCUT2D eigenvalue weighted by molar-refractivity contribution is 5.77. The van der Waals surface area contributed by atoms with Crippen LogP contribution >= 0.6 is 0 Å². The average Bonchev–Trinajstić information content (AvgIpc) is 2.40. The predicted molar refractivity (Wildman–Crippen MR) is 83.2 cm³/mol. The van der Waals surface area contributed by atoms with Crippen molar-refractivity contribution >= 4 is 5.91 Å². The lowest BCUT2D eigenvalue weighted by Crippen LogP contribution is -2.55. The Morgan fingerprint density at radius 3 is 2.24 bits per heavy atom. The average molecular weight is 294 g/mol. The number of carbonyl (C=O) groups is 1. The Balaban J connectivity index is 1.47. The summed E-state index contributed by atoms with van der Waals surface area (Å²) < 4.78 is 5.60. The zero-order valence-corrected chi connectivity index (χ0v) is 13.9. The second-order valence-electron chi connectivity index (χ2n) is 7.82. The highest BCUT2D eigenvalue weighted by atomic mass is 16.5. The van der Waals surface area contributed by atoms with Crippen LogP contribution in [0.2, 0.25) is 0 Å². The molecule has 1 saturated heterocycles. The van der Waals surface area contributed by atoms with Gasteiger partial charge in [-0.15, -0.1) is 0 Å². The molecular formula is C17H30N2O2. The van der Waals surface area contributed by atoms with Gasteiger partial charge >= 0.3 is 0 Å². The quantitative estimate of drug-likeness (QED) is 0.797. The minimum Gasteiger partial charge on any atom is -0.378 e. The van der Waals surface area contributed by atoms with Crippen molar-refractivity contribution in [3.8, 4) is 0 Å². The lowest BCUT2D eigenvalue weighted by Gasteiger charge is -2.54. The van der Waals surface area contributed by atoms with Gasteiger partial charge in [0.2, 0.25) is 5.91 Å². The molecule has 1 heterocycles. The van der Waals surface area contributed by atoms with Gasteiger partial charge in [0.1, 0.15) is 0 Å². The number of nitrogens with zero attached hydrogens (tertiary/aromatic N) is 2. The number of piperidine rings is 1. The summed E-state index contributed by atoms with van der Waals surface area (Å²) in [7, 11) is 6.12. The topological polar surface area (TPSA) is 32.8 Å². The predicted octanol–water partition coefficient (Wildman–Crippen LogP) is 2.28. The third kappa shape index (κ3) is 2.85. The van der Waals surface area contributed by atoms with Crippen LogP contribution in [0.15, 0.2) is 0 Å². The molecule has 1 spiro atoms. The number of likely N-dealkylation sites (tertiary alicyclic amines) is 1. The van der Waals surface area contributed by atoms with Crippen LogP contribution in [-0.4, -0.2) is 61.6 Å². The summed E-state index contributed by atoms with van der Waals surface area (Å²) in [5.74, 6) is 0.315. The van der Waals surface area contributed by atoms with Gasteiger partial charge in [-0.2, -0.15) is 0 Å². The molecule has 2 saturated carbocycles. The minimum absolute atomic E-state index is 0.126. The van der Waals surface area contributed by atoms with E-state index >= 15 is 0 Å². The van der Waals surface area contributed by atoms with Crippen molar-refractivity contribution < 1.29 is 9.53 Å². The van der Waals surface area contributed by atoms with Crippen molar-refractivity contribution in [2.75, 3.05) is 34.3 Å². The van der Waals surface area contributed by atoms with E-state index in [0.717, 1.165) is 32.0 Å². The van der Waals surface area contributed by atoms with E-state index in [1.54, 1.807) is 7.11 Å². The van der Waals surface area contributed by atoms with Crippen LogP contribution in [0.4, 0.5) is 0 Å². The maximum atomic E-state index is 12.5. The van der Waals surface area contributed by atoms with Gasteiger partial charge in [-0.3, -0.25) is 4.79 Å². The largest absolute Gasteiger partial charge is 0.378 e. The molecular weight excluding hydrogens is 264 g/mol. The number of amides is 1. The number of ether oxygens (including phenoxy) is 1. The van der Waals surface area contributed by atoms with Gasteiger partial charge in [0, 0.05) is 26.2 Å². The number of methoxy groups -OCH3 is 1. The van der Waals surface area contributed by atoms with Gasteiger partial charge in [0.15, 0.2) is 0 Å². The van der Waals surface area contributed by atoms with Crippen molar-refractivity contribution in [3.63, 3.8) is 0 Å². The summed E-state index contributed by atoms with van der Waals surface area (Å²) in [5.41, 5.74) is 0.417. The van der Waals surface area contributed by atoms with E-state index in [0.29, 0.717) is 17.7 Å². The van der Waals surface area contributed by atoms with E-state index < -0.39 is 0 Å². The Morgan fingerprint density at radius 1 is 1.19 bits per heavy atom. The first-order chi connectivity index (χ1) is 9.98. The van der Waals surface area contributed by atoms with Crippen LogP contribution in [0.1, 0.15) is 51.4 Å². The summed E-state index contributed by atoms with van der Waals surface area (Å²) >= 11 is 0. The Kier molecular flexibility index (Phi) is 4.04. The second-order valence-corrected chi connectivity index (χ2v) is 7.82. The van der Waals surface area contributed by atoms with Crippen LogP contribution < -0.4 is 0 Å². The lowest BCUT2D eigenvalue weighted by molar-refractivity contribution is -0.148. The van der Waals surface area contributed by atoms with Gasteiger partial charge in [0.05, 0.1) is 12.0 Å². The minimum atomic E-state index is -0.126. The third-order valence-corrected chi connectivity index (χ3v) is 6.42. The molecule has 4 nitrogen and oxygen atoms in total. The van der Waals surface area contributed by atoms with E-state index in [1.807, 2.05) is 0 Å². The van der Waals surface area contributed by atoms with Crippen molar-refractivity contribution in [2.24, 2.45) is 5.41 Å². The molecule has 1 aliphatic heterocycles. The molecule has 4 heteroatoms. The van der Waals surface area contributed by atoms with Crippen LogP contribution in [0.5, 0.6) is 0 Å². The Hall–Kier alpha value is -0.610. The maximum absolute atomic E-state index is 12.5. The third-order valence-electron chi connectivity index (χ3n) is 6.42. The van der Waals surface area contributed by atoms with Crippen LogP contribution in [0.3, 0.4) is 0 Å². The molecule has 3 rings (SSSR count). The van der Waals surface area contributed by atoms with Crippen LogP contribution in [0, 0.1) is 5.41 Å². The first-order valence-electron chi connectivity index (χ1n) is 8.47. The number of rotatable bonds is 4. The van der Waals surface area contributed by atoms with Gasteiger partial charge < -0.3 is 14.5 Å². The van der Waals surface area contributed by atoms with E-state index in [9.17, 15) is 4.79 Å². The summed E-state index contributed by atoms with van der Waals surface area (Å²) in [4.78, 5) is 16.9. The smallest absolute Gasteiger partial charge is 0.225 e. The molecule has 0 N–H and O–H groups in total. The number of hydrogen-bond donors (Lipinski definition) is 0. The lowest BCUT2D eigenvalue weighted by atomic mass is 9.60. The molecule has 3 fully saturated rings. The van der Waals surface area contributed by atoms with Gasteiger partial charge in [-0.1, -0.05) is 0 Å². The highest BCUT2D eigenvalue weighted by Crippen LogP contribution is 2.50. The van der Waals surface area contributed by atoms with E-state index in [2.05, 4.69) is 23.9 Å². The fourth-order valence-electron chi connectivity index (χ4n) is 4.36. The molecule has 21 heavy (non-hydrogen) atoms.